The van der Waals surface area contributed by atoms with Crippen molar-refractivity contribution in [3.63, 3.8) is 0 Å². The summed E-state index contributed by atoms with van der Waals surface area (Å²) in [5.74, 6) is 0.817. The molecular formula is C40H25NaO10. The minimum atomic E-state index is -1.17. The first-order chi connectivity index (χ1) is 24.2. The van der Waals surface area contributed by atoms with Crippen LogP contribution in [0.3, 0.4) is 0 Å². The molecule has 4 aliphatic heterocycles. The van der Waals surface area contributed by atoms with E-state index in [2.05, 4.69) is 0 Å². The molecule has 6 aromatic carbocycles. The van der Waals surface area contributed by atoms with Crippen molar-refractivity contribution in [3.8, 4) is 46.0 Å². The Morgan fingerprint density at radius 2 is 0.706 bits per heavy atom. The van der Waals surface area contributed by atoms with Gasteiger partial charge in [0.1, 0.15) is 46.0 Å². The van der Waals surface area contributed by atoms with E-state index in [4.69, 9.17) is 18.9 Å². The van der Waals surface area contributed by atoms with E-state index < -0.39 is 23.1 Å². The predicted molar refractivity (Wildman–Crippen MR) is 177 cm³/mol. The molecule has 0 radical (unpaired) electrons. The molecule has 10 rings (SSSR count). The van der Waals surface area contributed by atoms with Crippen molar-refractivity contribution < 1.29 is 79.9 Å². The van der Waals surface area contributed by atoms with Crippen molar-refractivity contribution in [1.82, 2.24) is 0 Å². The number of hydrogen-bond acceptors (Lipinski definition) is 10. The molecule has 51 heavy (non-hydrogen) atoms. The minimum absolute atomic E-state index is 0. The van der Waals surface area contributed by atoms with E-state index in [0.717, 1.165) is 0 Å². The zero-order valence-corrected chi connectivity index (χ0v) is 28.8. The second-order valence-corrected chi connectivity index (χ2v) is 12.2. The summed E-state index contributed by atoms with van der Waals surface area (Å²) in [6.45, 7) is 0. The molecule has 6 aromatic rings. The van der Waals surface area contributed by atoms with Gasteiger partial charge in [-0.3, -0.25) is 0 Å². The Morgan fingerprint density at radius 3 is 1.02 bits per heavy atom. The van der Waals surface area contributed by atoms with Gasteiger partial charge in [0.05, 0.1) is 11.1 Å². The zero-order chi connectivity index (χ0) is 34.4. The Labute approximate surface area is 313 Å². The van der Waals surface area contributed by atoms with Crippen LogP contribution >= 0.6 is 0 Å². The maximum Gasteiger partial charge on any atom is 1.00 e. The van der Waals surface area contributed by atoms with Crippen LogP contribution in [0, 0.1) is 0 Å². The van der Waals surface area contributed by atoms with E-state index >= 15 is 0 Å². The van der Waals surface area contributed by atoms with Crippen LogP contribution in [0.25, 0.3) is 0 Å². The summed E-state index contributed by atoms with van der Waals surface area (Å²) in [5, 5.41) is 39.3. The van der Waals surface area contributed by atoms with Crippen LogP contribution in [0.5, 0.6) is 46.0 Å². The summed E-state index contributed by atoms with van der Waals surface area (Å²) in [5.41, 5.74) is 2.57. The average Bonchev–Trinajstić information content (AvgIpc) is 3.56. The molecule has 10 nitrogen and oxygen atoms in total. The van der Waals surface area contributed by atoms with Crippen molar-refractivity contribution in [3.05, 3.63) is 166 Å². The number of fused-ring (bicyclic) bond motifs is 12. The summed E-state index contributed by atoms with van der Waals surface area (Å²) >= 11 is 0. The van der Waals surface area contributed by atoms with Gasteiger partial charge in [0.25, 0.3) is 0 Å². The van der Waals surface area contributed by atoms with Crippen molar-refractivity contribution >= 4 is 11.9 Å². The first-order valence-corrected chi connectivity index (χ1v) is 15.5. The van der Waals surface area contributed by atoms with E-state index in [1.54, 1.807) is 48.5 Å². The van der Waals surface area contributed by atoms with Crippen LogP contribution in [-0.2, 0) is 20.7 Å². The van der Waals surface area contributed by atoms with Crippen molar-refractivity contribution in [2.45, 2.75) is 11.2 Å². The van der Waals surface area contributed by atoms with Crippen LogP contribution in [0.2, 0.25) is 0 Å². The van der Waals surface area contributed by atoms with Crippen LogP contribution in [0.1, 0.15) is 55.5 Å². The van der Waals surface area contributed by atoms with Gasteiger partial charge in [0, 0.05) is 57.6 Å². The third-order valence-corrected chi connectivity index (χ3v) is 9.36. The molecule has 4 heterocycles. The van der Waals surface area contributed by atoms with E-state index in [9.17, 15) is 30.0 Å². The summed E-state index contributed by atoms with van der Waals surface area (Å²) < 4.78 is 23.6. The fraction of sp³-hybridized carbons (Fsp3) is 0.0500. The maximum absolute atomic E-state index is 12.5. The number of esters is 2. The Kier molecular flexibility index (Phi) is 7.32. The molecule has 2 spiro atoms. The number of carbonyl (C=O) groups excluding carboxylic acids is 2. The molecule has 0 amide bonds. The van der Waals surface area contributed by atoms with Crippen molar-refractivity contribution in [2.24, 2.45) is 0 Å². The summed E-state index contributed by atoms with van der Waals surface area (Å²) in [7, 11) is 0. The van der Waals surface area contributed by atoms with E-state index in [1.165, 1.54) is 48.5 Å². The average molecular weight is 689 g/mol. The third kappa shape index (κ3) is 4.61. The molecule has 0 atom stereocenters. The molecule has 11 heteroatoms. The van der Waals surface area contributed by atoms with Gasteiger partial charge in [-0.2, -0.15) is 0 Å². The van der Waals surface area contributed by atoms with Gasteiger partial charge < -0.3 is 40.8 Å². The van der Waals surface area contributed by atoms with Crippen LogP contribution in [-0.4, -0.2) is 32.4 Å². The number of phenolic OH excluding ortho intramolecular Hbond substituents is 4. The second kappa shape index (κ2) is 11.6. The smallest absolute Gasteiger partial charge is 1.00 e. The molecule has 4 aliphatic rings. The Balaban J connectivity index is 0.000000156. The molecule has 0 saturated carbocycles. The molecule has 0 fully saturated rings. The first-order valence-electron chi connectivity index (χ1n) is 15.5. The Hall–Kier alpha value is -5.94. The number of benzene rings is 6. The van der Waals surface area contributed by atoms with Crippen LogP contribution in [0.15, 0.2) is 121 Å². The molecule has 0 aliphatic carbocycles. The standard InChI is InChI=1S/2C20H12O5.Na.H/c2*21-11-5-7-15-17(9-11)24-18-10-12(22)6-8-16(18)20(15)14-4-2-1-3-13(14)19(23)25-20;;/h2*1-10,21-22H;;/q;;+1;-1. The molecule has 0 bridgehead atoms. The molecule has 0 saturated heterocycles. The fourth-order valence-corrected chi connectivity index (χ4v) is 7.31. The Bertz CT molecular complexity index is 2190. The maximum atomic E-state index is 12.5. The van der Waals surface area contributed by atoms with Gasteiger partial charge in [-0.05, 0) is 60.7 Å². The summed E-state index contributed by atoms with van der Waals surface area (Å²) in [6.07, 6.45) is 0. The molecule has 0 aromatic heterocycles. The van der Waals surface area contributed by atoms with Crippen LogP contribution < -0.4 is 39.0 Å². The van der Waals surface area contributed by atoms with E-state index in [0.29, 0.717) is 67.5 Å². The number of phenols is 4. The second-order valence-electron chi connectivity index (χ2n) is 12.2. The van der Waals surface area contributed by atoms with Crippen molar-refractivity contribution in [1.29, 1.82) is 0 Å². The molecule has 0 unspecified atom stereocenters. The first kappa shape index (κ1) is 32.3. The molecule has 4 N–H and O–H groups in total. The molecular weight excluding hydrogens is 663 g/mol. The van der Waals surface area contributed by atoms with Gasteiger partial charge in [-0.1, -0.05) is 36.4 Å². The van der Waals surface area contributed by atoms with Gasteiger partial charge in [-0.25, -0.2) is 9.59 Å². The number of rotatable bonds is 0. The quantitative estimate of drug-likeness (QED) is 0.133. The Morgan fingerprint density at radius 1 is 0.412 bits per heavy atom. The minimum Gasteiger partial charge on any atom is -1.00 e. The van der Waals surface area contributed by atoms with Crippen LogP contribution in [0.4, 0.5) is 0 Å². The predicted octanol–water partition coefficient (Wildman–Crippen LogP) is 4.45. The van der Waals surface area contributed by atoms with Gasteiger partial charge in [-0.15, -0.1) is 0 Å². The summed E-state index contributed by atoms with van der Waals surface area (Å²) in [4.78, 5) is 25.1. The third-order valence-electron chi connectivity index (χ3n) is 9.36. The van der Waals surface area contributed by atoms with Gasteiger partial charge in [0.15, 0.2) is 11.2 Å². The zero-order valence-electron chi connectivity index (χ0n) is 27.8. The monoisotopic (exact) mass is 688 g/mol. The fourth-order valence-electron chi connectivity index (χ4n) is 7.31. The largest absolute Gasteiger partial charge is 1.00 e. The number of hydrogen-bond donors (Lipinski definition) is 4. The van der Waals surface area contributed by atoms with Crippen molar-refractivity contribution in [2.75, 3.05) is 0 Å². The SMILES string of the molecule is O=C1OC2(c3ccc(O)cc3Oc3cc(O)ccc32)c2ccccc21.O=C1OC2(c3ccc(O)cc3Oc3cc(O)ccc32)c2ccccc21.[H-].[Na+]. The normalized spacial score (nSPS) is 15.5. The molecule has 246 valence electrons. The number of aromatic hydroxyl groups is 4. The number of ether oxygens (including phenoxy) is 4. The summed E-state index contributed by atoms with van der Waals surface area (Å²) in [6, 6.07) is 33.2. The number of carbonyl (C=O) groups is 2. The van der Waals surface area contributed by atoms with Gasteiger partial charge >= 0.3 is 41.5 Å². The van der Waals surface area contributed by atoms with E-state index in [1.807, 2.05) is 24.3 Å². The van der Waals surface area contributed by atoms with Gasteiger partial charge in [0.2, 0.25) is 0 Å². The topological polar surface area (TPSA) is 152 Å². The van der Waals surface area contributed by atoms with E-state index in [-0.39, 0.29) is 54.0 Å².